The molecule has 1 aliphatic rings. The highest BCUT2D eigenvalue weighted by atomic mass is 19.4. The second-order valence-corrected chi connectivity index (χ2v) is 6.74. The van der Waals surface area contributed by atoms with Crippen LogP contribution in [0.5, 0.6) is 0 Å². The van der Waals surface area contributed by atoms with Gasteiger partial charge in [0, 0.05) is 38.2 Å². The average Bonchev–Trinajstić information content (AvgIpc) is 3.12. The number of anilines is 1. The minimum Gasteiger partial charge on any atom is -0.353 e. The van der Waals surface area contributed by atoms with Crippen molar-refractivity contribution in [2.45, 2.75) is 25.9 Å². The van der Waals surface area contributed by atoms with Crippen LogP contribution in [0, 0.1) is 0 Å². The fourth-order valence-corrected chi connectivity index (χ4v) is 3.36. The van der Waals surface area contributed by atoms with Crippen molar-refractivity contribution in [3.8, 4) is 11.3 Å². The highest BCUT2D eigenvalue weighted by Crippen LogP contribution is 2.37. The molecule has 28 heavy (non-hydrogen) atoms. The molecule has 6 nitrogen and oxygen atoms in total. The summed E-state index contributed by atoms with van der Waals surface area (Å²) in [5.74, 6) is 1.32. The van der Waals surface area contributed by atoms with Gasteiger partial charge in [0.15, 0.2) is 0 Å². The molecular formula is C19H20F3N5O. The number of nitrogens with one attached hydrogen (secondary N) is 1. The zero-order chi connectivity index (χ0) is 19.7. The standard InChI is InChI=1S/C19H20F3N5O/c1-2-4-14-24-17(27-9-7-23-8-10-27)15-16(26-28-18(15)25-14)12-5-3-6-13(11-12)19(20,21)22/h3,5-6,11,23H,2,4,7-10H2,1H3. The number of aryl methyl sites for hydroxylation is 1. The number of aromatic nitrogens is 3. The van der Waals surface area contributed by atoms with Crippen molar-refractivity contribution >= 4 is 16.9 Å². The number of hydrogen-bond acceptors (Lipinski definition) is 6. The van der Waals surface area contributed by atoms with Crippen LogP contribution in [-0.2, 0) is 12.6 Å². The minimum atomic E-state index is -4.43. The van der Waals surface area contributed by atoms with Gasteiger partial charge in [-0.1, -0.05) is 24.2 Å². The minimum absolute atomic E-state index is 0.305. The summed E-state index contributed by atoms with van der Waals surface area (Å²) in [5.41, 5.74) is 0.238. The van der Waals surface area contributed by atoms with Gasteiger partial charge < -0.3 is 14.7 Å². The van der Waals surface area contributed by atoms with E-state index >= 15 is 0 Å². The van der Waals surface area contributed by atoms with Crippen molar-refractivity contribution in [2.75, 3.05) is 31.1 Å². The second kappa shape index (κ2) is 7.38. The van der Waals surface area contributed by atoms with Gasteiger partial charge in [0.25, 0.3) is 5.71 Å². The van der Waals surface area contributed by atoms with Gasteiger partial charge in [-0.2, -0.15) is 18.2 Å². The van der Waals surface area contributed by atoms with E-state index < -0.39 is 11.7 Å². The zero-order valence-corrected chi connectivity index (χ0v) is 15.4. The molecule has 0 saturated carbocycles. The number of fused-ring (bicyclic) bond motifs is 1. The van der Waals surface area contributed by atoms with E-state index in [2.05, 4.69) is 20.4 Å². The number of nitrogens with zero attached hydrogens (tertiary/aromatic N) is 4. The SMILES string of the molecule is CCCc1nc(N2CCNCC2)c2c(-c3cccc(C(F)(F)F)c3)noc2n1. The number of benzene rings is 1. The summed E-state index contributed by atoms with van der Waals surface area (Å²) in [6, 6.07) is 5.08. The van der Waals surface area contributed by atoms with Crippen LogP contribution < -0.4 is 10.2 Å². The molecule has 4 rings (SSSR count). The van der Waals surface area contributed by atoms with E-state index in [9.17, 15) is 13.2 Å². The summed E-state index contributed by atoms with van der Waals surface area (Å²) in [4.78, 5) is 11.2. The van der Waals surface area contributed by atoms with Gasteiger partial charge in [-0.3, -0.25) is 0 Å². The maximum atomic E-state index is 13.1. The van der Waals surface area contributed by atoms with Crippen LogP contribution in [0.1, 0.15) is 24.7 Å². The molecule has 3 aromatic rings. The molecule has 0 spiro atoms. The van der Waals surface area contributed by atoms with E-state index in [4.69, 9.17) is 9.51 Å². The summed E-state index contributed by atoms with van der Waals surface area (Å²) in [5, 5.41) is 7.90. The quantitative estimate of drug-likeness (QED) is 0.732. The van der Waals surface area contributed by atoms with Crippen LogP contribution in [0.4, 0.5) is 19.0 Å². The van der Waals surface area contributed by atoms with Crippen molar-refractivity contribution in [2.24, 2.45) is 0 Å². The van der Waals surface area contributed by atoms with Gasteiger partial charge in [0.1, 0.15) is 22.7 Å². The largest absolute Gasteiger partial charge is 0.416 e. The summed E-state index contributed by atoms with van der Waals surface area (Å²) in [6.07, 6.45) is -2.86. The van der Waals surface area contributed by atoms with E-state index in [-0.39, 0.29) is 0 Å². The first-order chi connectivity index (χ1) is 13.5. The summed E-state index contributed by atoms with van der Waals surface area (Å²) in [7, 11) is 0. The average molecular weight is 391 g/mol. The molecule has 1 fully saturated rings. The van der Waals surface area contributed by atoms with Gasteiger partial charge in [0.05, 0.1) is 5.56 Å². The molecule has 148 valence electrons. The van der Waals surface area contributed by atoms with Crippen molar-refractivity contribution < 1.29 is 17.7 Å². The van der Waals surface area contributed by atoms with Gasteiger partial charge in [-0.05, 0) is 18.6 Å². The normalized spacial score (nSPS) is 15.4. The number of piperazine rings is 1. The van der Waals surface area contributed by atoms with Gasteiger partial charge in [-0.25, -0.2) is 4.98 Å². The molecule has 3 heterocycles. The summed E-state index contributed by atoms with van der Waals surface area (Å²) < 4.78 is 44.9. The Morgan fingerprint density at radius 1 is 1.18 bits per heavy atom. The molecule has 0 bridgehead atoms. The third kappa shape index (κ3) is 3.54. The first-order valence-electron chi connectivity index (χ1n) is 9.27. The lowest BCUT2D eigenvalue weighted by Crippen LogP contribution is -2.44. The second-order valence-electron chi connectivity index (χ2n) is 6.74. The van der Waals surface area contributed by atoms with Crippen molar-refractivity contribution in [3.05, 3.63) is 35.7 Å². The lowest BCUT2D eigenvalue weighted by atomic mass is 10.1. The Morgan fingerprint density at radius 3 is 2.68 bits per heavy atom. The molecule has 1 saturated heterocycles. The van der Waals surface area contributed by atoms with E-state index in [1.54, 1.807) is 6.07 Å². The van der Waals surface area contributed by atoms with E-state index in [1.807, 2.05) is 6.92 Å². The fourth-order valence-electron chi connectivity index (χ4n) is 3.36. The van der Waals surface area contributed by atoms with E-state index in [0.29, 0.717) is 40.4 Å². The lowest BCUT2D eigenvalue weighted by molar-refractivity contribution is -0.137. The van der Waals surface area contributed by atoms with Crippen LogP contribution in [0.15, 0.2) is 28.8 Å². The van der Waals surface area contributed by atoms with Gasteiger partial charge >= 0.3 is 6.18 Å². The summed E-state index contributed by atoms with van der Waals surface area (Å²) in [6.45, 7) is 5.12. The third-order valence-corrected chi connectivity index (χ3v) is 4.72. The van der Waals surface area contributed by atoms with Crippen LogP contribution in [0.3, 0.4) is 0 Å². The van der Waals surface area contributed by atoms with Gasteiger partial charge in [-0.15, -0.1) is 0 Å². The van der Waals surface area contributed by atoms with E-state index in [0.717, 1.165) is 44.7 Å². The topological polar surface area (TPSA) is 67.1 Å². The van der Waals surface area contributed by atoms with Crippen LogP contribution >= 0.6 is 0 Å². The predicted molar refractivity (Wildman–Crippen MR) is 99.1 cm³/mol. The smallest absolute Gasteiger partial charge is 0.353 e. The first-order valence-corrected chi connectivity index (χ1v) is 9.27. The Hall–Kier alpha value is -2.68. The monoisotopic (exact) mass is 391 g/mol. The molecular weight excluding hydrogens is 371 g/mol. The highest BCUT2D eigenvalue weighted by Gasteiger charge is 2.31. The molecule has 0 unspecified atom stereocenters. The number of alkyl halides is 3. The molecule has 1 N–H and O–H groups in total. The Bertz CT molecular complexity index is 979. The summed E-state index contributed by atoms with van der Waals surface area (Å²) >= 11 is 0. The van der Waals surface area contributed by atoms with Crippen LogP contribution in [0.2, 0.25) is 0 Å². The Balaban J connectivity index is 1.88. The maximum Gasteiger partial charge on any atom is 0.416 e. The highest BCUT2D eigenvalue weighted by molar-refractivity contribution is 5.98. The molecule has 0 amide bonds. The molecule has 9 heteroatoms. The number of rotatable bonds is 4. The number of hydrogen-bond donors (Lipinski definition) is 1. The molecule has 1 aromatic carbocycles. The van der Waals surface area contributed by atoms with Crippen LogP contribution in [-0.4, -0.2) is 41.3 Å². The molecule has 1 aliphatic heterocycles. The molecule has 0 radical (unpaired) electrons. The maximum absolute atomic E-state index is 13.1. The third-order valence-electron chi connectivity index (χ3n) is 4.72. The molecule has 0 aliphatic carbocycles. The van der Waals surface area contributed by atoms with Crippen molar-refractivity contribution in [1.82, 2.24) is 20.4 Å². The van der Waals surface area contributed by atoms with Crippen molar-refractivity contribution in [3.63, 3.8) is 0 Å². The Kier molecular flexibility index (Phi) is 4.92. The predicted octanol–water partition coefficient (Wildman–Crippen LogP) is 3.67. The Morgan fingerprint density at radius 2 is 1.96 bits per heavy atom. The first kappa shape index (κ1) is 18.7. The Labute approximate surface area is 159 Å². The number of halogens is 3. The zero-order valence-electron chi connectivity index (χ0n) is 15.4. The van der Waals surface area contributed by atoms with Crippen molar-refractivity contribution in [1.29, 1.82) is 0 Å². The van der Waals surface area contributed by atoms with Gasteiger partial charge in [0.2, 0.25) is 0 Å². The molecule has 0 atom stereocenters. The van der Waals surface area contributed by atoms with E-state index in [1.165, 1.54) is 6.07 Å². The lowest BCUT2D eigenvalue weighted by Gasteiger charge is -2.29. The van der Waals surface area contributed by atoms with Crippen LogP contribution in [0.25, 0.3) is 22.4 Å². The fraction of sp³-hybridized carbons (Fsp3) is 0.421. The molecule has 2 aromatic heterocycles.